The number of hydrogen-bond donors (Lipinski definition) is 1. The molecule has 10 heteroatoms. The number of fused-ring (bicyclic) bond motifs is 1. The van der Waals surface area contributed by atoms with E-state index in [0.717, 1.165) is 26.2 Å². The number of carbonyl (C=O) groups is 1. The molecule has 4 aromatic rings. The molecule has 3 aromatic heterocycles. The number of thiophene rings is 1. The number of pyridine rings is 1. The summed E-state index contributed by atoms with van der Waals surface area (Å²) in [5.74, 6) is 0.116. The molecule has 0 spiro atoms. The predicted octanol–water partition coefficient (Wildman–Crippen LogP) is 5.31. The lowest BCUT2D eigenvalue weighted by atomic mass is 10.2. The van der Waals surface area contributed by atoms with Crippen LogP contribution in [0.4, 0.5) is 0 Å². The first kappa shape index (κ1) is 20.2. The third-order valence-electron chi connectivity index (χ3n) is 4.16. The Morgan fingerprint density at radius 3 is 2.86 bits per heavy atom. The van der Waals surface area contributed by atoms with Crippen LogP contribution in [0, 0.1) is 0 Å². The van der Waals surface area contributed by atoms with Gasteiger partial charge in [0.1, 0.15) is 11.7 Å². The van der Waals surface area contributed by atoms with E-state index in [2.05, 4.69) is 21.2 Å². The van der Waals surface area contributed by atoms with Crippen LogP contribution in [0.25, 0.3) is 21.6 Å². The predicted molar refractivity (Wildman–Crippen MR) is 119 cm³/mol. The Morgan fingerprint density at radius 1 is 1.28 bits per heavy atom. The molecule has 0 amide bonds. The molecule has 0 saturated carbocycles. The third kappa shape index (κ3) is 4.42. The smallest absolute Gasteiger partial charge is 0.323 e. The van der Waals surface area contributed by atoms with E-state index in [1.807, 2.05) is 42.0 Å². The van der Waals surface area contributed by atoms with Crippen LogP contribution in [0.5, 0.6) is 0 Å². The summed E-state index contributed by atoms with van der Waals surface area (Å²) in [4.78, 5) is 17.9. The number of nitrogens with zero attached hydrogens (tertiary/aromatic N) is 4. The number of aromatic nitrogens is 4. The Balaban J connectivity index is 1.62. The summed E-state index contributed by atoms with van der Waals surface area (Å²) in [6.07, 6.45) is 2.02. The molecule has 0 unspecified atom stereocenters. The van der Waals surface area contributed by atoms with E-state index in [0.29, 0.717) is 21.9 Å². The minimum atomic E-state index is -0.945. The largest absolute Gasteiger partial charge is 0.480 e. The fourth-order valence-electron chi connectivity index (χ4n) is 2.80. The van der Waals surface area contributed by atoms with Crippen molar-refractivity contribution >= 4 is 63.3 Å². The second kappa shape index (κ2) is 8.74. The molecule has 0 radical (unpaired) electrons. The summed E-state index contributed by atoms with van der Waals surface area (Å²) >= 11 is 11.0. The minimum Gasteiger partial charge on any atom is -0.480 e. The van der Waals surface area contributed by atoms with Crippen molar-refractivity contribution in [1.82, 2.24) is 19.7 Å². The normalized spacial score (nSPS) is 11.2. The first-order chi connectivity index (χ1) is 14.0. The molecule has 0 aliphatic heterocycles. The number of thioether (sulfide) groups is 2. The SMILES string of the molecule is CSc1ccc2cc(CSc3nnc(-c4cccs4)n3CC(=O)O)c(Cl)nc2c1. The highest BCUT2D eigenvalue weighted by atomic mass is 35.5. The maximum Gasteiger partial charge on any atom is 0.323 e. The van der Waals surface area contributed by atoms with Crippen molar-refractivity contribution in [3.63, 3.8) is 0 Å². The van der Waals surface area contributed by atoms with Crippen LogP contribution >= 0.6 is 46.5 Å². The van der Waals surface area contributed by atoms with Crippen LogP contribution in [-0.4, -0.2) is 37.1 Å². The van der Waals surface area contributed by atoms with Crippen molar-refractivity contribution in [2.75, 3.05) is 6.26 Å². The molecule has 1 N–H and O–H groups in total. The lowest BCUT2D eigenvalue weighted by molar-refractivity contribution is -0.137. The van der Waals surface area contributed by atoms with Crippen molar-refractivity contribution in [2.45, 2.75) is 22.3 Å². The maximum absolute atomic E-state index is 11.4. The van der Waals surface area contributed by atoms with E-state index in [9.17, 15) is 9.90 Å². The first-order valence-electron chi connectivity index (χ1n) is 8.50. The van der Waals surface area contributed by atoms with Gasteiger partial charge in [0, 0.05) is 21.6 Å². The van der Waals surface area contributed by atoms with Crippen LogP contribution in [0.1, 0.15) is 5.56 Å². The fraction of sp³-hybridized carbons (Fsp3) is 0.158. The number of benzene rings is 1. The Hall–Kier alpha value is -2.07. The number of rotatable bonds is 7. The molecule has 6 nitrogen and oxygen atoms in total. The fourth-order valence-corrected chi connectivity index (χ4v) is 5.15. The van der Waals surface area contributed by atoms with E-state index in [1.165, 1.54) is 23.1 Å². The zero-order chi connectivity index (χ0) is 20.4. The summed E-state index contributed by atoms with van der Waals surface area (Å²) in [7, 11) is 0. The lowest BCUT2D eigenvalue weighted by Gasteiger charge is -2.09. The first-order valence-corrected chi connectivity index (χ1v) is 12.0. The zero-order valence-corrected chi connectivity index (χ0v) is 18.4. The topological polar surface area (TPSA) is 80.9 Å². The van der Waals surface area contributed by atoms with Gasteiger partial charge in [0.2, 0.25) is 0 Å². The van der Waals surface area contributed by atoms with Crippen LogP contribution in [0.15, 0.2) is 51.8 Å². The van der Waals surface area contributed by atoms with Gasteiger partial charge in [-0.3, -0.25) is 9.36 Å². The number of hydrogen-bond acceptors (Lipinski definition) is 7. The van der Waals surface area contributed by atoms with Crippen LogP contribution in [0.2, 0.25) is 5.15 Å². The van der Waals surface area contributed by atoms with Gasteiger partial charge in [-0.25, -0.2) is 4.98 Å². The molecule has 0 aliphatic carbocycles. The Kier molecular flexibility index (Phi) is 6.09. The second-order valence-electron chi connectivity index (χ2n) is 6.05. The number of aliphatic carboxylic acids is 1. The lowest BCUT2D eigenvalue weighted by Crippen LogP contribution is -2.11. The summed E-state index contributed by atoms with van der Waals surface area (Å²) in [6.45, 7) is -0.205. The van der Waals surface area contributed by atoms with Crippen molar-refractivity contribution in [2.24, 2.45) is 0 Å². The van der Waals surface area contributed by atoms with E-state index >= 15 is 0 Å². The molecule has 0 bridgehead atoms. The Bertz CT molecular complexity index is 1180. The molecule has 29 heavy (non-hydrogen) atoms. The van der Waals surface area contributed by atoms with Crippen molar-refractivity contribution < 1.29 is 9.90 Å². The van der Waals surface area contributed by atoms with Crippen LogP contribution < -0.4 is 0 Å². The summed E-state index contributed by atoms with van der Waals surface area (Å²) < 4.78 is 1.62. The van der Waals surface area contributed by atoms with Gasteiger partial charge in [0.05, 0.1) is 10.4 Å². The zero-order valence-electron chi connectivity index (χ0n) is 15.2. The van der Waals surface area contributed by atoms with Crippen LogP contribution in [0.3, 0.4) is 0 Å². The third-order valence-corrected chi connectivity index (χ3v) is 7.09. The molecule has 0 saturated heterocycles. The maximum atomic E-state index is 11.4. The average molecular weight is 463 g/mol. The molecule has 4 rings (SSSR count). The number of carboxylic acids is 1. The van der Waals surface area contributed by atoms with Gasteiger partial charge in [-0.1, -0.05) is 35.5 Å². The van der Waals surface area contributed by atoms with E-state index in [4.69, 9.17) is 11.6 Å². The molecule has 3 heterocycles. The van der Waals surface area contributed by atoms with Gasteiger partial charge in [-0.2, -0.15) is 0 Å². The molecule has 1 aromatic carbocycles. The highest BCUT2D eigenvalue weighted by molar-refractivity contribution is 7.98. The molecular weight excluding hydrogens is 448 g/mol. The summed E-state index contributed by atoms with van der Waals surface area (Å²) in [5, 5.41) is 21.6. The van der Waals surface area contributed by atoms with Crippen molar-refractivity contribution in [3.05, 3.63) is 52.5 Å². The second-order valence-corrected chi connectivity index (χ2v) is 9.18. The van der Waals surface area contributed by atoms with Crippen molar-refractivity contribution in [1.29, 1.82) is 0 Å². The van der Waals surface area contributed by atoms with Crippen LogP contribution in [-0.2, 0) is 17.1 Å². The quantitative estimate of drug-likeness (QED) is 0.294. The minimum absolute atomic E-state index is 0.205. The average Bonchev–Trinajstić information content (AvgIpc) is 3.35. The van der Waals surface area contributed by atoms with Crippen molar-refractivity contribution in [3.8, 4) is 10.7 Å². The number of halogens is 1. The Labute approximate surface area is 184 Å². The molecule has 0 atom stereocenters. The summed E-state index contributed by atoms with van der Waals surface area (Å²) in [5.41, 5.74) is 1.72. The van der Waals surface area contributed by atoms with Gasteiger partial charge >= 0.3 is 5.97 Å². The highest BCUT2D eigenvalue weighted by Gasteiger charge is 2.18. The van der Waals surface area contributed by atoms with Gasteiger partial charge in [-0.05, 0) is 35.9 Å². The van der Waals surface area contributed by atoms with E-state index < -0.39 is 5.97 Å². The molecular formula is C19H15ClN4O2S3. The molecule has 148 valence electrons. The van der Waals surface area contributed by atoms with Gasteiger partial charge in [0.15, 0.2) is 11.0 Å². The highest BCUT2D eigenvalue weighted by Crippen LogP contribution is 2.31. The van der Waals surface area contributed by atoms with E-state index in [1.54, 1.807) is 16.3 Å². The molecule has 0 aliphatic rings. The summed E-state index contributed by atoms with van der Waals surface area (Å²) in [6, 6.07) is 11.9. The monoisotopic (exact) mass is 462 g/mol. The number of carboxylic acid groups (broad SMARTS) is 1. The van der Waals surface area contributed by atoms with Gasteiger partial charge in [0.25, 0.3) is 0 Å². The van der Waals surface area contributed by atoms with Gasteiger partial charge in [-0.15, -0.1) is 33.3 Å². The van der Waals surface area contributed by atoms with Gasteiger partial charge < -0.3 is 5.11 Å². The Morgan fingerprint density at radius 2 is 2.14 bits per heavy atom. The molecule has 0 fully saturated rings. The standard InChI is InChI=1S/C19H15ClN4O2S3/c1-27-13-5-4-11-7-12(17(20)21-14(11)8-13)10-29-19-23-22-18(15-3-2-6-28-15)24(19)9-16(25)26/h2-8H,9-10H2,1H3,(H,25,26). The van der Waals surface area contributed by atoms with E-state index in [-0.39, 0.29) is 6.54 Å².